The highest BCUT2D eigenvalue weighted by molar-refractivity contribution is 5.76. The summed E-state index contributed by atoms with van der Waals surface area (Å²) in [5, 5.41) is 4.08. The Hall–Kier alpha value is -1.43. The molecule has 6 nitrogen and oxygen atoms in total. The van der Waals surface area contributed by atoms with E-state index in [1.165, 1.54) is 32.1 Å². The summed E-state index contributed by atoms with van der Waals surface area (Å²) in [5.74, 6) is 0.325. The normalized spacial score (nSPS) is 26.0. The Bertz CT molecular complexity index is 475. The first-order valence-corrected chi connectivity index (χ1v) is 8.65. The lowest BCUT2D eigenvalue weighted by Crippen LogP contribution is -2.48. The topological polar surface area (TPSA) is 54.3 Å². The highest BCUT2D eigenvalue weighted by atomic mass is 16.2. The first-order chi connectivity index (χ1) is 10.8. The van der Waals surface area contributed by atoms with Crippen LogP contribution in [0, 0.1) is 0 Å². The average molecular weight is 305 g/mol. The van der Waals surface area contributed by atoms with Gasteiger partial charge in [-0.3, -0.25) is 14.4 Å². The predicted octanol–water partition coefficient (Wildman–Crippen LogP) is 1.53. The number of hydrogen-bond acceptors (Lipinski definition) is 4. The van der Waals surface area contributed by atoms with Crippen molar-refractivity contribution in [3.63, 3.8) is 0 Å². The summed E-state index contributed by atoms with van der Waals surface area (Å²) >= 11 is 0. The molecule has 6 heteroatoms. The molecule has 3 rings (SSSR count). The Balaban J connectivity index is 1.52. The van der Waals surface area contributed by atoms with Gasteiger partial charge in [0.1, 0.15) is 12.7 Å². The minimum absolute atomic E-state index is 0.325. The summed E-state index contributed by atoms with van der Waals surface area (Å²) in [6.07, 6.45) is 9.58. The molecule has 2 aliphatic heterocycles. The molecule has 122 valence electrons. The van der Waals surface area contributed by atoms with Gasteiger partial charge in [0.2, 0.25) is 5.91 Å². The summed E-state index contributed by atoms with van der Waals surface area (Å²) in [5.41, 5.74) is 0. The van der Waals surface area contributed by atoms with E-state index in [9.17, 15) is 4.79 Å². The molecule has 0 radical (unpaired) electrons. The lowest BCUT2D eigenvalue weighted by Gasteiger charge is -2.34. The van der Waals surface area contributed by atoms with Crippen LogP contribution >= 0.6 is 0 Å². The molecule has 3 heterocycles. The van der Waals surface area contributed by atoms with Crippen molar-refractivity contribution in [1.29, 1.82) is 0 Å². The van der Waals surface area contributed by atoms with Crippen LogP contribution in [-0.4, -0.2) is 62.2 Å². The molecule has 0 N–H and O–H groups in total. The monoisotopic (exact) mass is 305 g/mol. The average Bonchev–Trinajstić information content (AvgIpc) is 3.26. The molecular weight excluding hydrogens is 278 g/mol. The van der Waals surface area contributed by atoms with E-state index in [1.807, 2.05) is 0 Å². The quantitative estimate of drug-likeness (QED) is 0.800. The van der Waals surface area contributed by atoms with Crippen LogP contribution in [0.5, 0.6) is 0 Å². The summed E-state index contributed by atoms with van der Waals surface area (Å²) in [6, 6.07) is 1.04. The zero-order chi connectivity index (χ0) is 15.4. The predicted molar refractivity (Wildman–Crippen MR) is 84.3 cm³/mol. The largest absolute Gasteiger partial charge is 0.338 e. The van der Waals surface area contributed by atoms with Crippen LogP contribution in [-0.2, 0) is 11.3 Å². The second-order valence-electron chi connectivity index (χ2n) is 6.40. The van der Waals surface area contributed by atoms with Gasteiger partial charge in [-0.05, 0) is 45.2 Å². The molecule has 22 heavy (non-hydrogen) atoms. The Labute approximate surface area is 132 Å². The number of aromatic nitrogens is 3. The van der Waals surface area contributed by atoms with E-state index in [0.717, 1.165) is 32.5 Å². The van der Waals surface area contributed by atoms with Gasteiger partial charge >= 0.3 is 0 Å². The third-order valence-electron chi connectivity index (χ3n) is 5.13. The molecular formula is C16H27N5O. The van der Waals surface area contributed by atoms with Crippen LogP contribution in [0.2, 0.25) is 0 Å². The minimum Gasteiger partial charge on any atom is -0.338 e. The van der Waals surface area contributed by atoms with Crippen molar-refractivity contribution in [3.8, 4) is 0 Å². The Kier molecular flexibility index (Phi) is 5.08. The molecule has 1 aromatic heterocycles. The molecule has 0 aromatic carbocycles. The highest BCUT2D eigenvalue weighted by Crippen LogP contribution is 2.30. The first-order valence-electron chi connectivity index (χ1n) is 8.65. The van der Waals surface area contributed by atoms with Gasteiger partial charge in [0.05, 0.1) is 0 Å². The Morgan fingerprint density at radius 3 is 2.82 bits per heavy atom. The fourth-order valence-electron chi connectivity index (χ4n) is 4.07. The van der Waals surface area contributed by atoms with Crippen LogP contribution in [0.25, 0.3) is 0 Å². The van der Waals surface area contributed by atoms with Gasteiger partial charge in [0, 0.05) is 31.6 Å². The molecule has 0 unspecified atom stereocenters. The van der Waals surface area contributed by atoms with E-state index < -0.39 is 0 Å². The minimum atomic E-state index is 0.325. The maximum atomic E-state index is 12.6. The lowest BCUT2D eigenvalue weighted by atomic mass is 10.0. The van der Waals surface area contributed by atoms with Crippen LogP contribution in [0.4, 0.5) is 0 Å². The lowest BCUT2D eigenvalue weighted by molar-refractivity contribution is -0.133. The zero-order valence-corrected chi connectivity index (χ0v) is 13.5. The van der Waals surface area contributed by atoms with Gasteiger partial charge in [0.15, 0.2) is 0 Å². The zero-order valence-electron chi connectivity index (χ0n) is 13.5. The van der Waals surface area contributed by atoms with Crippen LogP contribution in [0.15, 0.2) is 12.7 Å². The molecule has 0 saturated carbocycles. The van der Waals surface area contributed by atoms with Crippen molar-refractivity contribution < 1.29 is 4.79 Å². The number of likely N-dealkylation sites (N-methyl/N-ethyl adjacent to an activating group) is 1. The third-order valence-corrected chi connectivity index (χ3v) is 5.13. The third kappa shape index (κ3) is 3.32. The molecule has 2 saturated heterocycles. The van der Waals surface area contributed by atoms with Crippen molar-refractivity contribution >= 4 is 5.91 Å². The number of nitrogens with zero attached hydrogens (tertiary/aromatic N) is 5. The molecule has 1 aromatic rings. The number of aryl methyl sites for hydroxylation is 1. The highest BCUT2D eigenvalue weighted by Gasteiger charge is 2.38. The fraction of sp³-hybridized carbons (Fsp3) is 0.812. The van der Waals surface area contributed by atoms with Gasteiger partial charge in [-0.25, -0.2) is 4.98 Å². The Morgan fingerprint density at radius 2 is 2.05 bits per heavy atom. The van der Waals surface area contributed by atoms with Gasteiger partial charge in [-0.15, -0.1) is 0 Å². The van der Waals surface area contributed by atoms with Crippen molar-refractivity contribution in [3.05, 3.63) is 12.7 Å². The smallest absolute Gasteiger partial charge is 0.222 e. The summed E-state index contributed by atoms with van der Waals surface area (Å²) in [4.78, 5) is 21.3. The van der Waals surface area contributed by atoms with E-state index in [4.69, 9.17) is 0 Å². The van der Waals surface area contributed by atoms with Crippen LogP contribution < -0.4 is 0 Å². The molecule has 0 aliphatic carbocycles. The number of carbonyl (C=O) groups excluding carboxylic acids is 1. The van der Waals surface area contributed by atoms with E-state index in [1.54, 1.807) is 11.0 Å². The molecule has 2 atom stereocenters. The Morgan fingerprint density at radius 1 is 1.23 bits per heavy atom. The van der Waals surface area contributed by atoms with E-state index in [-0.39, 0.29) is 0 Å². The van der Waals surface area contributed by atoms with Crippen molar-refractivity contribution in [1.82, 2.24) is 24.6 Å². The molecule has 2 fully saturated rings. The first kappa shape index (κ1) is 15.5. The maximum Gasteiger partial charge on any atom is 0.222 e. The standard InChI is InChI=1S/C16H27N5O/c1-2-19-9-3-6-14(19)15-7-4-11-21(15)16(22)8-5-10-20-13-17-12-18-20/h12-15H,2-11H2,1H3/t14-,15-/m0/s1. The van der Waals surface area contributed by atoms with Gasteiger partial charge < -0.3 is 4.90 Å². The number of rotatable bonds is 6. The maximum absolute atomic E-state index is 12.6. The van der Waals surface area contributed by atoms with Gasteiger partial charge in [0.25, 0.3) is 0 Å². The molecule has 0 bridgehead atoms. The number of likely N-dealkylation sites (tertiary alicyclic amines) is 2. The molecule has 0 spiro atoms. The van der Waals surface area contributed by atoms with Crippen molar-refractivity contribution in [2.75, 3.05) is 19.6 Å². The van der Waals surface area contributed by atoms with E-state index in [2.05, 4.69) is 26.8 Å². The SMILES string of the molecule is CCN1CCC[C@H]1[C@@H]1CCCN1C(=O)CCCn1cncn1. The van der Waals surface area contributed by atoms with Crippen LogP contribution in [0.3, 0.4) is 0 Å². The summed E-state index contributed by atoms with van der Waals surface area (Å²) < 4.78 is 1.80. The molecule has 1 amide bonds. The van der Waals surface area contributed by atoms with E-state index in [0.29, 0.717) is 24.4 Å². The van der Waals surface area contributed by atoms with Crippen LogP contribution in [0.1, 0.15) is 45.4 Å². The second kappa shape index (κ2) is 7.22. The van der Waals surface area contributed by atoms with Crippen molar-refractivity contribution in [2.45, 2.75) is 64.1 Å². The number of carbonyl (C=O) groups is 1. The fourth-order valence-corrected chi connectivity index (χ4v) is 4.07. The number of hydrogen-bond donors (Lipinski definition) is 0. The summed E-state index contributed by atoms with van der Waals surface area (Å²) in [7, 11) is 0. The summed E-state index contributed by atoms with van der Waals surface area (Å²) in [6.45, 7) is 6.26. The van der Waals surface area contributed by atoms with Gasteiger partial charge in [-0.2, -0.15) is 5.10 Å². The van der Waals surface area contributed by atoms with Crippen molar-refractivity contribution in [2.24, 2.45) is 0 Å². The van der Waals surface area contributed by atoms with Gasteiger partial charge in [-0.1, -0.05) is 6.92 Å². The molecule has 2 aliphatic rings. The second-order valence-corrected chi connectivity index (χ2v) is 6.40. The van der Waals surface area contributed by atoms with E-state index >= 15 is 0 Å². The number of amides is 1.